The topological polar surface area (TPSA) is 51.2 Å². The van der Waals surface area contributed by atoms with Gasteiger partial charge in [0.25, 0.3) is 0 Å². The molecule has 4 nitrogen and oxygen atoms in total. The molecule has 4 atom stereocenters. The summed E-state index contributed by atoms with van der Waals surface area (Å²) < 4.78 is 17.7. The molecular weight excluding hydrogens is 244 g/mol. The third-order valence-corrected chi connectivity index (χ3v) is 5.45. The Hall–Kier alpha value is -0.160. The molecule has 2 heterocycles. The van der Waals surface area contributed by atoms with E-state index in [1.165, 1.54) is 12.8 Å². The molecule has 2 aliphatic carbocycles. The van der Waals surface area contributed by atoms with Crippen LogP contribution in [0.4, 0.5) is 0 Å². The second kappa shape index (κ2) is 4.69. The smallest absolute Gasteiger partial charge is 0.160 e. The molecule has 4 fully saturated rings. The lowest BCUT2D eigenvalue weighted by molar-refractivity contribution is -0.262. The molecule has 2 saturated carbocycles. The highest BCUT2D eigenvalue weighted by Crippen LogP contribution is 2.45. The summed E-state index contributed by atoms with van der Waals surface area (Å²) in [5, 5.41) is 9.85. The molecule has 0 radical (unpaired) electrons. The van der Waals surface area contributed by atoms with Crippen LogP contribution in [0.5, 0.6) is 0 Å². The fourth-order valence-electron chi connectivity index (χ4n) is 4.24. The normalized spacial score (nSPS) is 53.8. The molecule has 4 rings (SSSR count). The van der Waals surface area contributed by atoms with Crippen LogP contribution in [0.1, 0.15) is 44.9 Å². The van der Waals surface area contributed by atoms with Crippen molar-refractivity contribution in [1.29, 1.82) is 0 Å². The second-order valence-electron chi connectivity index (χ2n) is 7.03. The zero-order valence-corrected chi connectivity index (χ0v) is 11.4. The number of fused-ring (bicyclic) bond motifs is 1. The number of aliphatic hydroxyl groups excluding tert-OH is 1. The van der Waals surface area contributed by atoms with Gasteiger partial charge in [0.1, 0.15) is 0 Å². The first-order chi connectivity index (χ1) is 9.24. The van der Waals surface area contributed by atoms with Gasteiger partial charge in [-0.1, -0.05) is 6.42 Å². The number of hydrogen-bond donors (Lipinski definition) is 1. The predicted octanol–water partition coefficient (Wildman–Crippen LogP) is 1.85. The third kappa shape index (κ3) is 2.44. The van der Waals surface area contributed by atoms with E-state index in [1.807, 2.05) is 0 Å². The van der Waals surface area contributed by atoms with Crippen molar-refractivity contribution in [3.8, 4) is 0 Å². The van der Waals surface area contributed by atoms with Gasteiger partial charge in [0, 0.05) is 11.3 Å². The van der Waals surface area contributed by atoms with E-state index in [4.69, 9.17) is 14.2 Å². The molecule has 4 aliphatic rings. The summed E-state index contributed by atoms with van der Waals surface area (Å²) in [5.74, 6) is 0.509. The van der Waals surface area contributed by atoms with E-state index in [2.05, 4.69) is 0 Å². The highest BCUT2D eigenvalue weighted by atomic mass is 16.7. The minimum absolute atomic E-state index is 0.0326. The molecule has 2 aliphatic heterocycles. The predicted molar refractivity (Wildman–Crippen MR) is 68.6 cm³/mol. The van der Waals surface area contributed by atoms with Gasteiger partial charge in [0.15, 0.2) is 6.29 Å². The van der Waals surface area contributed by atoms with Crippen LogP contribution in [0.15, 0.2) is 0 Å². The van der Waals surface area contributed by atoms with Gasteiger partial charge in [-0.25, -0.2) is 0 Å². The van der Waals surface area contributed by atoms with Crippen LogP contribution in [-0.2, 0) is 14.2 Å². The first-order valence-corrected chi connectivity index (χ1v) is 7.81. The number of rotatable bonds is 1. The maximum Gasteiger partial charge on any atom is 0.160 e. The Morgan fingerprint density at radius 1 is 1.00 bits per heavy atom. The van der Waals surface area contributed by atoms with Crippen molar-refractivity contribution in [3.05, 3.63) is 0 Å². The number of ether oxygens (including phenoxy) is 3. The summed E-state index contributed by atoms with van der Waals surface area (Å²) in [7, 11) is 0. The third-order valence-electron chi connectivity index (χ3n) is 5.45. The van der Waals surface area contributed by atoms with Crippen molar-refractivity contribution in [2.45, 2.75) is 69.5 Å². The molecule has 0 aromatic heterocycles. The molecule has 1 N–H and O–H groups in total. The van der Waals surface area contributed by atoms with Crippen molar-refractivity contribution in [2.75, 3.05) is 13.2 Å². The van der Waals surface area contributed by atoms with Crippen molar-refractivity contribution in [1.82, 2.24) is 0 Å². The lowest BCUT2D eigenvalue weighted by Crippen LogP contribution is -2.48. The fraction of sp³-hybridized carbons (Fsp3) is 1.00. The Bertz CT molecular complexity index is 337. The summed E-state index contributed by atoms with van der Waals surface area (Å²) in [6.45, 7) is 1.53. The number of aliphatic hydroxyl groups is 1. The van der Waals surface area contributed by atoms with Gasteiger partial charge < -0.3 is 19.3 Å². The van der Waals surface area contributed by atoms with Gasteiger partial charge in [0.05, 0.1) is 31.5 Å². The molecule has 19 heavy (non-hydrogen) atoms. The van der Waals surface area contributed by atoms with E-state index < -0.39 is 0 Å². The highest BCUT2D eigenvalue weighted by molar-refractivity contribution is 4.94. The highest BCUT2D eigenvalue weighted by Gasteiger charge is 2.48. The number of epoxide rings is 1. The standard InChI is InChI=1S/C15H24O4/c16-11-2-1-5-15(7-11)8-17-14(18-9-15)10-3-4-12-13(6-10)19-12/h10-14,16H,1-9H2. The fourth-order valence-corrected chi connectivity index (χ4v) is 4.24. The van der Waals surface area contributed by atoms with E-state index >= 15 is 0 Å². The van der Waals surface area contributed by atoms with Crippen LogP contribution < -0.4 is 0 Å². The van der Waals surface area contributed by atoms with E-state index in [0.29, 0.717) is 18.1 Å². The first-order valence-electron chi connectivity index (χ1n) is 7.81. The first kappa shape index (κ1) is 12.6. The zero-order chi connectivity index (χ0) is 12.9. The van der Waals surface area contributed by atoms with Crippen LogP contribution in [0, 0.1) is 11.3 Å². The van der Waals surface area contributed by atoms with Crippen LogP contribution in [0.3, 0.4) is 0 Å². The Labute approximate surface area is 114 Å². The Kier molecular flexibility index (Phi) is 3.10. The molecule has 0 amide bonds. The lowest BCUT2D eigenvalue weighted by atomic mass is 9.73. The number of hydrogen-bond acceptors (Lipinski definition) is 4. The van der Waals surface area contributed by atoms with Crippen LogP contribution in [0.25, 0.3) is 0 Å². The van der Waals surface area contributed by atoms with E-state index in [9.17, 15) is 5.11 Å². The summed E-state index contributed by atoms with van der Waals surface area (Å²) >= 11 is 0. The Morgan fingerprint density at radius 3 is 2.58 bits per heavy atom. The average Bonchev–Trinajstić information content (AvgIpc) is 3.17. The van der Waals surface area contributed by atoms with Gasteiger partial charge in [-0.05, 0) is 38.5 Å². The van der Waals surface area contributed by atoms with Crippen LogP contribution in [-0.4, -0.2) is 42.9 Å². The molecule has 4 heteroatoms. The van der Waals surface area contributed by atoms with Gasteiger partial charge >= 0.3 is 0 Å². The summed E-state index contributed by atoms with van der Waals surface area (Å²) in [5.41, 5.74) is 0.0848. The van der Waals surface area contributed by atoms with Gasteiger partial charge in [-0.15, -0.1) is 0 Å². The molecule has 4 unspecified atom stereocenters. The minimum Gasteiger partial charge on any atom is -0.393 e. The SMILES string of the molecule is OC1CCCC2(COC(C3CCC4OC4C3)OC2)C1. The van der Waals surface area contributed by atoms with E-state index in [1.54, 1.807) is 0 Å². The summed E-state index contributed by atoms with van der Waals surface area (Å²) in [6, 6.07) is 0. The Balaban J connectivity index is 1.34. The molecule has 2 saturated heterocycles. The molecular formula is C15H24O4. The quantitative estimate of drug-likeness (QED) is 0.737. The Morgan fingerprint density at radius 2 is 1.84 bits per heavy atom. The van der Waals surface area contributed by atoms with Gasteiger partial charge in [-0.2, -0.15) is 0 Å². The molecule has 0 aromatic rings. The lowest BCUT2D eigenvalue weighted by Gasteiger charge is -2.45. The molecule has 0 bridgehead atoms. The molecule has 1 spiro atoms. The van der Waals surface area contributed by atoms with Crippen LogP contribution in [0.2, 0.25) is 0 Å². The minimum atomic E-state index is -0.159. The molecule has 0 aromatic carbocycles. The van der Waals surface area contributed by atoms with Gasteiger partial charge in [-0.3, -0.25) is 0 Å². The maximum absolute atomic E-state index is 9.85. The van der Waals surface area contributed by atoms with Crippen molar-refractivity contribution >= 4 is 0 Å². The molecule has 108 valence electrons. The van der Waals surface area contributed by atoms with E-state index in [-0.39, 0.29) is 17.8 Å². The van der Waals surface area contributed by atoms with Crippen molar-refractivity contribution < 1.29 is 19.3 Å². The zero-order valence-electron chi connectivity index (χ0n) is 11.4. The average molecular weight is 268 g/mol. The summed E-state index contributed by atoms with van der Waals surface area (Å²) in [6.07, 6.45) is 8.29. The van der Waals surface area contributed by atoms with Crippen molar-refractivity contribution in [3.63, 3.8) is 0 Å². The van der Waals surface area contributed by atoms with Crippen LogP contribution >= 0.6 is 0 Å². The summed E-state index contributed by atoms with van der Waals surface area (Å²) in [4.78, 5) is 0. The maximum atomic E-state index is 9.85. The second-order valence-corrected chi connectivity index (χ2v) is 7.03. The van der Waals surface area contributed by atoms with Crippen molar-refractivity contribution in [2.24, 2.45) is 11.3 Å². The van der Waals surface area contributed by atoms with E-state index in [0.717, 1.165) is 45.3 Å². The largest absolute Gasteiger partial charge is 0.393 e. The van der Waals surface area contributed by atoms with Gasteiger partial charge in [0.2, 0.25) is 0 Å². The monoisotopic (exact) mass is 268 g/mol.